The lowest BCUT2D eigenvalue weighted by Gasteiger charge is -2.47. The van der Waals surface area contributed by atoms with Crippen molar-refractivity contribution in [1.29, 1.82) is 0 Å². The molecule has 1 aliphatic carbocycles. The molecule has 0 spiro atoms. The van der Waals surface area contributed by atoms with E-state index in [9.17, 15) is 27.9 Å². The van der Waals surface area contributed by atoms with Gasteiger partial charge in [0, 0.05) is 37.7 Å². The van der Waals surface area contributed by atoms with Crippen LogP contribution in [0.25, 0.3) is 5.57 Å². The maximum atomic E-state index is 14.5. The number of nitrogens with one attached hydrogen (secondary N) is 1. The van der Waals surface area contributed by atoms with Gasteiger partial charge in [0.2, 0.25) is 0 Å². The number of alkyl halides is 3. The molecule has 2 heterocycles. The summed E-state index contributed by atoms with van der Waals surface area (Å²) < 4.78 is 46.6. The quantitative estimate of drug-likeness (QED) is 0.264. The molecule has 0 unspecified atom stereocenters. The van der Waals surface area contributed by atoms with Gasteiger partial charge in [-0.3, -0.25) is 9.69 Å². The van der Waals surface area contributed by atoms with Crippen molar-refractivity contribution in [3.63, 3.8) is 0 Å². The zero-order valence-corrected chi connectivity index (χ0v) is 26.9. The van der Waals surface area contributed by atoms with Crippen LogP contribution in [0, 0.1) is 20.8 Å². The summed E-state index contributed by atoms with van der Waals surface area (Å²) in [5, 5.41) is 13.5. The van der Waals surface area contributed by atoms with Crippen LogP contribution in [0.3, 0.4) is 0 Å². The van der Waals surface area contributed by atoms with Crippen LogP contribution < -0.4 is 10.1 Å². The number of amides is 2. The molecule has 7 nitrogen and oxygen atoms in total. The Labute approximate surface area is 273 Å². The predicted octanol–water partition coefficient (Wildman–Crippen LogP) is 6.92. The molecule has 0 aromatic heterocycles. The third kappa shape index (κ3) is 6.88. The summed E-state index contributed by atoms with van der Waals surface area (Å²) in [5.41, 5.74) is 6.14. The molecule has 47 heavy (non-hydrogen) atoms. The minimum absolute atomic E-state index is 0.0136. The second kappa shape index (κ2) is 13.1. The molecule has 2 amide bonds. The van der Waals surface area contributed by atoms with E-state index in [1.165, 1.54) is 16.5 Å². The number of rotatable bonds is 9. The molecule has 10 heteroatoms. The number of halogens is 3. The minimum atomic E-state index is -4.50. The number of piperazine rings is 1. The molecule has 248 valence electrons. The van der Waals surface area contributed by atoms with Crippen LogP contribution in [0.4, 0.5) is 18.0 Å². The average molecular weight is 648 g/mol. The number of fused-ring (bicyclic) bond motifs is 2. The van der Waals surface area contributed by atoms with Crippen molar-refractivity contribution in [3.8, 4) is 5.75 Å². The highest BCUT2D eigenvalue weighted by atomic mass is 19.4. The van der Waals surface area contributed by atoms with Crippen molar-refractivity contribution in [2.45, 2.75) is 77.3 Å². The highest BCUT2D eigenvalue weighted by Gasteiger charge is 2.46. The first kappa shape index (κ1) is 32.6. The summed E-state index contributed by atoms with van der Waals surface area (Å²) in [4.78, 5) is 30.0. The molecule has 2 N–H and O–H groups in total. The van der Waals surface area contributed by atoms with Crippen molar-refractivity contribution in [1.82, 2.24) is 15.1 Å². The lowest BCUT2D eigenvalue weighted by atomic mass is 9.81. The van der Waals surface area contributed by atoms with Crippen LogP contribution in [0.2, 0.25) is 0 Å². The molecule has 3 aromatic rings. The van der Waals surface area contributed by atoms with Crippen LogP contribution in [-0.2, 0) is 23.9 Å². The number of hydrogen-bond donors (Lipinski definition) is 2. The van der Waals surface area contributed by atoms with Gasteiger partial charge in [0.1, 0.15) is 5.75 Å². The highest BCUT2D eigenvalue weighted by Crippen LogP contribution is 2.40. The summed E-state index contributed by atoms with van der Waals surface area (Å²) in [6.45, 7) is 7.43. The molecule has 3 aliphatic rings. The van der Waals surface area contributed by atoms with E-state index in [1.54, 1.807) is 11.0 Å². The fraction of sp³-hybridized carbons (Fsp3) is 0.405. The molecular weight excluding hydrogens is 607 g/mol. The maximum absolute atomic E-state index is 14.5. The SMILES string of the molecule is Cc1ccc(C)c(OCCc2ccc(C3=C(C(=O)N(Cc4cccc(C(F)(F)F)c4)C4CC4)[C@H]4CNC[C@@H](C3)N4C(=O)O)cc2)c1C. The fourth-order valence-electron chi connectivity index (χ4n) is 6.87. The monoisotopic (exact) mass is 647 g/mol. The molecule has 2 atom stereocenters. The van der Waals surface area contributed by atoms with Gasteiger partial charge in [-0.2, -0.15) is 13.2 Å². The predicted molar refractivity (Wildman–Crippen MR) is 173 cm³/mol. The van der Waals surface area contributed by atoms with E-state index in [-0.39, 0.29) is 31.1 Å². The number of hydrogen-bond acceptors (Lipinski definition) is 4. The van der Waals surface area contributed by atoms with E-state index in [0.29, 0.717) is 37.1 Å². The van der Waals surface area contributed by atoms with E-state index >= 15 is 0 Å². The Balaban J connectivity index is 1.29. The summed E-state index contributed by atoms with van der Waals surface area (Å²) >= 11 is 0. The smallest absolute Gasteiger partial charge is 0.416 e. The first-order valence-electron chi connectivity index (χ1n) is 16.1. The Morgan fingerprint density at radius 3 is 2.38 bits per heavy atom. The number of carbonyl (C=O) groups excluding carboxylic acids is 1. The number of benzene rings is 3. The van der Waals surface area contributed by atoms with Crippen molar-refractivity contribution in [2.75, 3.05) is 19.7 Å². The second-order valence-corrected chi connectivity index (χ2v) is 12.9. The summed E-state index contributed by atoms with van der Waals surface area (Å²) in [6, 6.07) is 16.0. The number of aryl methyl sites for hydroxylation is 2. The largest absolute Gasteiger partial charge is 0.493 e. The zero-order valence-electron chi connectivity index (χ0n) is 26.9. The standard InChI is InChI=1S/C37H40F3N3O4/c1-22-7-8-23(2)34(24(22)3)47-16-15-25-9-11-27(12-10-25)31-18-30-19-41-20-32(43(30)36(45)46)33(31)35(44)42(29-13-14-29)21-26-5-4-6-28(17-26)37(38,39)40/h4-12,17,29-30,32,41H,13-16,18-21H2,1-3H3,(H,45,46)/t30-,32-/m1/s1. The molecule has 3 aromatic carbocycles. The Hall–Kier alpha value is -4.31. The van der Waals surface area contributed by atoms with Crippen LogP contribution in [-0.4, -0.2) is 64.7 Å². The summed E-state index contributed by atoms with van der Waals surface area (Å²) in [6.07, 6.45) is -3.04. The van der Waals surface area contributed by atoms with E-state index in [4.69, 9.17) is 4.74 Å². The first-order valence-corrected chi connectivity index (χ1v) is 16.1. The number of nitrogens with zero attached hydrogens (tertiary/aromatic N) is 2. The fourth-order valence-corrected chi connectivity index (χ4v) is 6.87. The maximum Gasteiger partial charge on any atom is 0.416 e. The molecule has 1 saturated heterocycles. The van der Waals surface area contributed by atoms with Gasteiger partial charge in [0.05, 0.1) is 24.3 Å². The van der Waals surface area contributed by atoms with Crippen LogP contribution in [0.1, 0.15) is 58.2 Å². The molecule has 6 rings (SSSR count). The Morgan fingerprint density at radius 2 is 1.70 bits per heavy atom. The third-order valence-electron chi connectivity index (χ3n) is 9.67. The van der Waals surface area contributed by atoms with Gasteiger partial charge < -0.3 is 20.1 Å². The Morgan fingerprint density at radius 1 is 0.979 bits per heavy atom. The van der Waals surface area contributed by atoms with Gasteiger partial charge >= 0.3 is 12.3 Å². The van der Waals surface area contributed by atoms with Crippen molar-refractivity contribution in [3.05, 3.63) is 105 Å². The van der Waals surface area contributed by atoms with Gasteiger partial charge in [-0.25, -0.2) is 4.79 Å². The first-order chi connectivity index (χ1) is 22.4. The van der Waals surface area contributed by atoms with E-state index < -0.39 is 23.9 Å². The molecule has 1 saturated carbocycles. The van der Waals surface area contributed by atoms with Gasteiger partial charge in [-0.15, -0.1) is 0 Å². The van der Waals surface area contributed by atoms with Gasteiger partial charge in [0.15, 0.2) is 0 Å². The van der Waals surface area contributed by atoms with Crippen LogP contribution >= 0.6 is 0 Å². The van der Waals surface area contributed by atoms with Crippen molar-refractivity contribution in [2.24, 2.45) is 0 Å². The van der Waals surface area contributed by atoms with E-state index in [2.05, 4.69) is 31.3 Å². The lowest BCUT2D eigenvalue weighted by Crippen LogP contribution is -2.63. The highest BCUT2D eigenvalue weighted by molar-refractivity contribution is 6.04. The molecule has 2 bridgehead atoms. The third-order valence-corrected chi connectivity index (χ3v) is 9.67. The summed E-state index contributed by atoms with van der Waals surface area (Å²) in [5.74, 6) is 0.588. The second-order valence-electron chi connectivity index (χ2n) is 12.9. The van der Waals surface area contributed by atoms with E-state index in [0.717, 1.165) is 58.6 Å². The van der Waals surface area contributed by atoms with E-state index in [1.807, 2.05) is 31.2 Å². The molecule has 0 radical (unpaired) electrons. The molecular formula is C37H40F3N3O4. The van der Waals surface area contributed by atoms with Gasteiger partial charge in [-0.05, 0) is 91.1 Å². The van der Waals surface area contributed by atoms with Gasteiger partial charge in [-0.1, -0.05) is 48.5 Å². The number of ether oxygens (including phenoxy) is 1. The Bertz CT molecular complexity index is 1700. The van der Waals surface area contributed by atoms with Crippen LogP contribution in [0.15, 0.2) is 66.2 Å². The van der Waals surface area contributed by atoms with Crippen molar-refractivity contribution < 1.29 is 32.6 Å². The van der Waals surface area contributed by atoms with Gasteiger partial charge in [0.25, 0.3) is 5.91 Å². The zero-order chi connectivity index (χ0) is 33.5. The van der Waals surface area contributed by atoms with Crippen molar-refractivity contribution >= 4 is 17.6 Å². The Kier molecular flexibility index (Phi) is 9.07. The average Bonchev–Trinajstić information content (AvgIpc) is 3.88. The normalized spacial score (nSPS) is 19.5. The molecule has 2 fully saturated rings. The summed E-state index contributed by atoms with van der Waals surface area (Å²) in [7, 11) is 0. The number of carbonyl (C=O) groups is 2. The molecule has 2 aliphatic heterocycles. The minimum Gasteiger partial charge on any atom is -0.493 e. The van der Waals surface area contributed by atoms with Crippen LogP contribution in [0.5, 0.6) is 5.75 Å². The number of carboxylic acid groups (broad SMARTS) is 1. The lowest BCUT2D eigenvalue weighted by molar-refractivity contribution is -0.137. The topological polar surface area (TPSA) is 82.1 Å².